The Bertz CT molecular complexity index is 583. The van der Waals surface area contributed by atoms with Crippen LogP contribution in [-0.2, 0) is 0 Å². The van der Waals surface area contributed by atoms with E-state index in [1.54, 1.807) is 18.7 Å². The van der Waals surface area contributed by atoms with E-state index in [1.807, 2.05) is 25.1 Å². The molecule has 5 nitrogen and oxygen atoms in total. The molecule has 0 saturated heterocycles. The van der Waals surface area contributed by atoms with Crippen molar-refractivity contribution >= 4 is 22.8 Å². The van der Waals surface area contributed by atoms with Crippen LogP contribution in [0.4, 0.5) is 0 Å². The minimum Gasteiger partial charge on any atom is -0.494 e. The lowest BCUT2D eigenvalue weighted by molar-refractivity contribution is 0.0596. The van der Waals surface area contributed by atoms with Gasteiger partial charge in [-0.25, -0.2) is 4.98 Å². The number of nitrogens with one attached hydrogen (secondary N) is 1. The van der Waals surface area contributed by atoms with Crippen molar-refractivity contribution in [1.82, 2.24) is 9.97 Å². The molecule has 1 heterocycles. The van der Waals surface area contributed by atoms with Crippen molar-refractivity contribution in [3.63, 3.8) is 0 Å². The molecule has 1 atom stereocenters. The molecule has 0 aliphatic rings. The number of H-pyrrole nitrogens is 1. The van der Waals surface area contributed by atoms with Crippen molar-refractivity contribution in [3.8, 4) is 5.75 Å². The minimum absolute atomic E-state index is 0.294. The van der Waals surface area contributed by atoms with Gasteiger partial charge < -0.3 is 20.6 Å². The lowest BCUT2D eigenvalue weighted by Gasteiger charge is -2.20. The van der Waals surface area contributed by atoms with Gasteiger partial charge in [0, 0.05) is 18.4 Å². The van der Waals surface area contributed by atoms with E-state index in [4.69, 9.17) is 10.5 Å². The number of thioether (sulfide) groups is 1. The maximum Gasteiger partial charge on any atom is 0.166 e. The highest BCUT2D eigenvalue weighted by Crippen LogP contribution is 2.24. The van der Waals surface area contributed by atoms with Crippen molar-refractivity contribution < 1.29 is 9.84 Å². The Morgan fingerprint density at radius 1 is 1.48 bits per heavy atom. The smallest absolute Gasteiger partial charge is 0.166 e. The first-order chi connectivity index (χ1) is 10.0. The third-order valence-corrected chi connectivity index (χ3v) is 4.24. The van der Waals surface area contributed by atoms with Crippen LogP contribution in [-0.4, -0.2) is 39.6 Å². The average Bonchev–Trinajstić information content (AvgIpc) is 2.86. The quantitative estimate of drug-likeness (QED) is 0.515. The predicted molar refractivity (Wildman–Crippen MR) is 86.9 cm³/mol. The van der Waals surface area contributed by atoms with Gasteiger partial charge in [0.1, 0.15) is 5.75 Å². The van der Waals surface area contributed by atoms with Gasteiger partial charge in [0.25, 0.3) is 0 Å². The Morgan fingerprint density at radius 2 is 2.29 bits per heavy atom. The molecule has 0 amide bonds. The molecule has 2 rings (SSSR count). The van der Waals surface area contributed by atoms with E-state index >= 15 is 0 Å². The average molecular weight is 309 g/mol. The van der Waals surface area contributed by atoms with Gasteiger partial charge in [0.15, 0.2) is 5.16 Å². The van der Waals surface area contributed by atoms with Gasteiger partial charge in [-0.3, -0.25) is 0 Å². The van der Waals surface area contributed by atoms with Crippen molar-refractivity contribution in [3.05, 3.63) is 18.2 Å². The zero-order valence-corrected chi connectivity index (χ0v) is 13.4. The van der Waals surface area contributed by atoms with Crippen LogP contribution in [0.3, 0.4) is 0 Å². The summed E-state index contributed by atoms with van der Waals surface area (Å²) in [5, 5.41) is 10.7. The van der Waals surface area contributed by atoms with E-state index in [9.17, 15) is 5.11 Å². The van der Waals surface area contributed by atoms with E-state index in [1.165, 1.54) is 0 Å². The molecule has 21 heavy (non-hydrogen) atoms. The molecule has 0 aliphatic carbocycles. The minimum atomic E-state index is -0.763. The maximum atomic E-state index is 9.84. The number of nitrogens with two attached hydrogens (primary N) is 1. The summed E-state index contributed by atoms with van der Waals surface area (Å²) in [7, 11) is 0. The van der Waals surface area contributed by atoms with E-state index in [0.717, 1.165) is 34.1 Å². The van der Waals surface area contributed by atoms with Crippen LogP contribution in [0.25, 0.3) is 11.0 Å². The highest BCUT2D eigenvalue weighted by Gasteiger charge is 2.17. The van der Waals surface area contributed by atoms with Gasteiger partial charge in [0.05, 0.1) is 23.2 Å². The fourth-order valence-electron chi connectivity index (χ4n) is 2.01. The molecule has 1 aromatic carbocycles. The molecule has 1 aromatic heterocycles. The third-order valence-electron chi connectivity index (χ3n) is 3.28. The van der Waals surface area contributed by atoms with Crippen LogP contribution in [0.2, 0.25) is 0 Å². The number of fused-ring (bicyclic) bond motifs is 1. The summed E-state index contributed by atoms with van der Waals surface area (Å²) in [4.78, 5) is 7.82. The van der Waals surface area contributed by atoms with Crippen molar-refractivity contribution in [2.75, 3.05) is 18.9 Å². The number of hydrogen-bond donors (Lipinski definition) is 3. The molecule has 0 aliphatic heterocycles. The van der Waals surface area contributed by atoms with Gasteiger partial charge in [-0.1, -0.05) is 11.8 Å². The molecular formula is C15H23N3O2S. The number of benzene rings is 1. The standard InChI is InChI=1S/C15H23N3O2S/c1-3-20-11-5-6-12-13(9-11)18-14(17-12)21-8-4-7-15(2,19)10-16/h5-6,9,19H,3-4,7-8,10,16H2,1-2H3,(H,17,18). The van der Waals surface area contributed by atoms with E-state index in [-0.39, 0.29) is 0 Å². The molecule has 4 N–H and O–H groups in total. The summed E-state index contributed by atoms with van der Waals surface area (Å²) in [5.41, 5.74) is 6.66. The summed E-state index contributed by atoms with van der Waals surface area (Å²) in [6.45, 7) is 4.69. The van der Waals surface area contributed by atoms with E-state index in [2.05, 4.69) is 9.97 Å². The first-order valence-electron chi connectivity index (χ1n) is 7.22. The molecule has 2 aromatic rings. The number of aromatic amines is 1. The predicted octanol–water partition coefficient (Wildman–Crippen LogP) is 2.54. The second-order valence-electron chi connectivity index (χ2n) is 5.31. The zero-order valence-electron chi connectivity index (χ0n) is 12.6. The zero-order chi connectivity index (χ0) is 15.3. The number of aliphatic hydroxyl groups is 1. The van der Waals surface area contributed by atoms with Crippen molar-refractivity contribution in [2.45, 2.75) is 37.4 Å². The molecule has 0 spiro atoms. The number of ether oxygens (including phenoxy) is 1. The summed E-state index contributed by atoms with van der Waals surface area (Å²) in [6, 6.07) is 5.86. The highest BCUT2D eigenvalue weighted by molar-refractivity contribution is 7.99. The van der Waals surface area contributed by atoms with Crippen LogP contribution in [0.1, 0.15) is 26.7 Å². The van der Waals surface area contributed by atoms with Crippen LogP contribution >= 0.6 is 11.8 Å². The summed E-state index contributed by atoms with van der Waals surface area (Å²) in [6.07, 6.45) is 1.60. The molecule has 116 valence electrons. The molecule has 0 radical (unpaired) electrons. The number of imidazole rings is 1. The number of rotatable bonds is 8. The molecule has 0 saturated carbocycles. The Morgan fingerprint density at radius 3 is 3.00 bits per heavy atom. The summed E-state index contributed by atoms with van der Waals surface area (Å²) >= 11 is 1.66. The number of aromatic nitrogens is 2. The summed E-state index contributed by atoms with van der Waals surface area (Å²) < 4.78 is 5.48. The fourth-order valence-corrected chi connectivity index (χ4v) is 2.84. The Kier molecular flexibility index (Phi) is 5.50. The first kappa shape index (κ1) is 16.1. The topological polar surface area (TPSA) is 84.2 Å². The third kappa shape index (κ3) is 4.62. The molecular weight excluding hydrogens is 286 g/mol. The Labute approximate surface area is 129 Å². The molecule has 6 heteroatoms. The lowest BCUT2D eigenvalue weighted by atomic mass is 10.0. The largest absolute Gasteiger partial charge is 0.494 e. The molecule has 0 bridgehead atoms. The van der Waals surface area contributed by atoms with Gasteiger partial charge in [0.2, 0.25) is 0 Å². The number of nitrogens with zero attached hydrogens (tertiary/aromatic N) is 1. The van der Waals surface area contributed by atoms with Gasteiger partial charge >= 0.3 is 0 Å². The second kappa shape index (κ2) is 7.15. The maximum absolute atomic E-state index is 9.84. The van der Waals surface area contributed by atoms with E-state index in [0.29, 0.717) is 19.6 Å². The van der Waals surface area contributed by atoms with Crippen LogP contribution < -0.4 is 10.5 Å². The van der Waals surface area contributed by atoms with Crippen molar-refractivity contribution in [2.24, 2.45) is 5.73 Å². The van der Waals surface area contributed by atoms with Gasteiger partial charge in [-0.2, -0.15) is 0 Å². The Balaban J connectivity index is 1.91. The lowest BCUT2D eigenvalue weighted by Crippen LogP contribution is -2.34. The Hall–Kier alpha value is -1.24. The second-order valence-corrected chi connectivity index (χ2v) is 6.39. The molecule has 1 unspecified atom stereocenters. The van der Waals surface area contributed by atoms with Crippen LogP contribution in [0.5, 0.6) is 5.75 Å². The van der Waals surface area contributed by atoms with Crippen LogP contribution in [0, 0.1) is 0 Å². The van der Waals surface area contributed by atoms with Crippen LogP contribution in [0.15, 0.2) is 23.4 Å². The monoisotopic (exact) mass is 309 g/mol. The summed E-state index contributed by atoms with van der Waals surface area (Å²) in [5.74, 6) is 1.75. The number of hydrogen-bond acceptors (Lipinski definition) is 5. The van der Waals surface area contributed by atoms with Gasteiger partial charge in [-0.05, 0) is 38.8 Å². The van der Waals surface area contributed by atoms with E-state index < -0.39 is 5.60 Å². The SMILES string of the molecule is CCOc1ccc2nc(SCCCC(C)(O)CN)[nH]c2c1. The highest BCUT2D eigenvalue weighted by atomic mass is 32.2. The van der Waals surface area contributed by atoms with Crippen molar-refractivity contribution in [1.29, 1.82) is 0 Å². The molecule has 0 fully saturated rings. The normalized spacial score (nSPS) is 14.3. The first-order valence-corrected chi connectivity index (χ1v) is 8.20. The fraction of sp³-hybridized carbons (Fsp3) is 0.533. The van der Waals surface area contributed by atoms with Gasteiger partial charge in [-0.15, -0.1) is 0 Å².